The van der Waals surface area contributed by atoms with Crippen LogP contribution >= 0.6 is 0 Å². The van der Waals surface area contributed by atoms with Gasteiger partial charge in [-0.15, -0.1) is 0 Å². The summed E-state index contributed by atoms with van der Waals surface area (Å²) in [7, 11) is -0.722. The number of halogens is 1. The SMILES string of the molecule is CN(C)S(=O)(=O)c1ccccc1CNC(=O)COc1cccc(F)c1. The van der Waals surface area contributed by atoms with Gasteiger partial charge in [-0.05, 0) is 23.8 Å². The molecule has 0 aromatic heterocycles. The maximum Gasteiger partial charge on any atom is 0.258 e. The number of ether oxygens (including phenoxy) is 1. The molecule has 0 aliphatic carbocycles. The Kier molecular flexibility index (Phi) is 6.11. The molecule has 0 spiro atoms. The summed E-state index contributed by atoms with van der Waals surface area (Å²) in [6.07, 6.45) is 0. The molecular formula is C17H19FN2O4S. The van der Waals surface area contributed by atoms with Crippen molar-refractivity contribution < 1.29 is 22.3 Å². The summed E-state index contributed by atoms with van der Waals surface area (Å²) in [5, 5.41) is 2.59. The average Bonchev–Trinajstić information content (AvgIpc) is 2.58. The van der Waals surface area contributed by atoms with Crippen LogP contribution in [0.25, 0.3) is 0 Å². The highest BCUT2D eigenvalue weighted by molar-refractivity contribution is 7.89. The van der Waals surface area contributed by atoms with E-state index in [2.05, 4.69) is 5.32 Å². The van der Waals surface area contributed by atoms with Crippen molar-refractivity contribution in [1.82, 2.24) is 9.62 Å². The van der Waals surface area contributed by atoms with E-state index in [1.54, 1.807) is 18.2 Å². The Bertz CT molecular complexity index is 853. The number of carbonyl (C=O) groups is 1. The first-order chi connectivity index (χ1) is 11.8. The third-order valence-electron chi connectivity index (χ3n) is 3.37. The van der Waals surface area contributed by atoms with Crippen molar-refractivity contribution in [2.24, 2.45) is 0 Å². The van der Waals surface area contributed by atoms with Gasteiger partial charge in [0.1, 0.15) is 11.6 Å². The molecule has 6 nitrogen and oxygen atoms in total. The van der Waals surface area contributed by atoms with E-state index in [4.69, 9.17) is 4.74 Å². The lowest BCUT2D eigenvalue weighted by atomic mass is 10.2. The van der Waals surface area contributed by atoms with Crippen LogP contribution < -0.4 is 10.1 Å². The molecule has 0 atom stereocenters. The zero-order chi connectivity index (χ0) is 18.4. The van der Waals surface area contributed by atoms with Crippen molar-refractivity contribution in [2.75, 3.05) is 20.7 Å². The van der Waals surface area contributed by atoms with Gasteiger partial charge in [0.25, 0.3) is 5.91 Å². The lowest BCUT2D eigenvalue weighted by Crippen LogP contribution is -2.30. The van der Waals surface area contributed by atoms with Gasteiger partial charge >= 0.3 is 0 Å². The van der Waals surface area contributed by atoms with Gasteiger partial charge < -0.3 is 10.1 Å². The van der Waals surface area contributed by atoms with Crippen LogP contribution in [0.4, 0.5) is 4.39 Å². The van der Waals surface area contributed by atoms with Gasteiger partial charge in [-0.3, -0.25) is 4.79 Å². The highest BCUT2D eigenvalue weighted by Crippen LogP contribution is 2.18. The Morgan fingerprint density at radius 2 is 1.88 bits per heavy atom. The van der Waals surface area contributed by atoms with E-state index < -0.39 is 21.7 Å². The van der Waals surface area contributed by atoms with E-state index in [-0.39, 0.29) is 23.8 Å². The molecule has 1 N–H and O–H groups in total. The predicted octanol–water partition coefficient (Wildman–Crippen LogP) is 1.77. The monoisotopic (exact) mass is 366 g/mol. The number of rotatable bonds is 7. The summed E-state index contributed by atoms with van der Waals surface area (Å²) < 4.78 is 43.9. The first-order valence-electron chi connectivity index (χ1n) is 7.46. The molecule has 1 amide bonds. The van der Waals surface area contributed by atoms with Crippen LogP contribution in [-0.4, -0.2) is 39.3 Å². The number of nitrogens with zero attached hydrogens (tertiary/aromatic N) is 1. The molecule has 0 heterocycles. The molecule has 2 rings (SSSR count). The van der Waals surface area contributed by atoms with E-state index in [9.17, 15) is 17.6 Å². The topological polar surface area (TPSA) is 75.7 Å². The number of sulfonamides is 1. The minimum Gasteiger partial charge on any atom is -0.484 e. The van der Waals surface area contributed by atoms with Crippen LogP contribution in [0.1, 0.15) is 5.56 Å². The fourth-order valence-corrected chi connectivity index (χ4v) is 3.16. The largest absolute Gasteiger partial charge is 0.484 e. The lowest BCUT2D eigenvalue weighted by Gasteiger charge is -2.15. The highest BCUT2D eigenvalue weighted by Gasteiger charge is 2.20. The summed E-state index contributed by atoms with van der Waals surface area (Å²) in [6.45, 7) is -0.263. The van der Waals surface area contributed by atoms with Gasteiger partial charge in [-0.2, -0.15) is 0 Å². The molecule has 25 heavy (non-hydrogen) atoms. The van der Waals surface area contributed by atoms with Gasteiger partial charge in [-0.25, -0.2) is 17.1 Å². The van der Waals surface area contributed by atoms with Gasteiger partial charge in [-0.1, -0.05) is 24.3 Å². The van der Waals surface area contributed by atoms with Gasteiger partial charge in [0.15, 0.2) is 6.61 Å². The number of hydrogen-bond acceptors (Lipinski definition) is 4. The molecule has 2 aromatic rings. The Morgan fingerprint density at radius 3 is 2.56 bits per heavy atom. The summed E-state index contributed by atoms with van der Waals surface area (Å²) >= 11 is 0. The first-order valence-corrected chi connectivity index (χ1v) is 8.90. The smallest absolute Gasteiger partial charge is 0.258 e. The number of benzene rings is 2. The Morgan fingerprint density at radius 1 is 1.16 bits per heavy atom. The van der Waals surface area contributed by atoms with Crippen LogP contribution in [-0.2, 0) is 21.4 Å². The van der Waals surface area contributed by atoms with Crippen molar-refractivity contribution in [3.05, 3.63) is 59.9 Å². The number of nitrogens with one attached hydrogen (secondary N) is 1. The molecule has 0 unspecified atom stereocenters. The maximum atomic E-state index is 13.0. The summed E-state index contributed by atoms with van der Waals surface area (Å²) in [6, 6.07) is 11.9. The zero-order valence-electron chi connectivity index (χ0n) is 13.9. The molecule has 0 saturated heterocycles. The Hall–Kier alpha value is -2.45. The second-order valence-electron chi connectivity index (χ2n) is 5.42. The minimum absolute atomic E-state index is 0.0363. The normalized spacial score (nSPS) is 11.4. The highest BCUT2D eigenvalue weighted by atomic mass is 32.2. The van der Waals surface area contributed by atoms with E-state index in [1.807, 2.05) is 0 Å². The third-order valence-corrected chi connectivity index (χ3v) is 5.29. The molecule has 0 fully saturated rings. The van der Waals surface area contributed by atoms with Crippen LogP contribution in [0.5, 0.6) is 5.75 Å². The molecule has 0 bridgehead atoms. The standard InChI is InChI=1S/C17H19FN2O4S/c1-20(2)25(22,23)16-9-4-3-6-13(16)11-19-17(21)12-24-15-8-5-7-14(18)10-15/h3-10H,11-12H2,1-2H3,(H,19,21). The van der Waals surface area contributed by atoms with Gasteiger partial charge in [0, 0.05) is 26.7 Å². The maximum absolute atomic E-state index is 13.0. The number of carbonyl (C=O) groups excluding carboxylic acids is 1. The van der Waals surface area contributed by atoms with Crippen molar-refractivity contribution in [3.8, 4) is 5.75 Å². The van der Waals surface area contributed by atoms with E-state index in [0.29, 0.717) is 5.56 Å². The molecule has 0 aliphatic rings. The second-order valence-corrected chi connectivity index (χ2v) is 7.54. The van der Waals surface area contributed by atoms with Crippen LogP contribution in [0.2, 0.25) is 0 Å². The third kappa shape index (κ3) is 5.01. The molecule has 0 radical (unpaired) electrons. The van der Waals surface area contributed by atoms with Crippen LogP contribution in [0.15, 0.2) is 53.4 Å². The number of amides is 1. The second kappa shape index (κ2) is 8.09. The van der Waals surface area contributed by atoms with Crippen molar-refractivity contribution in [3.63, 3.8) is 0 Å². The molecule has 0 aliphatic heterocycles. The van der Waals surface area contributed by atoms with Gasteiger partial charge in [0.2, 0.25) is 10.0 Å². The van der Waals surface area contributed by atoms with Crippen LogP contribution in [0.3, 0.4) is 0 Å². The molecule has 0 saturated carbocycles. The van der Waals surface area contributed by atoms with Crippen LogP contribution in [0, 0.1) is 5.82 Å². The average molecular weight is 366 g/mol. The fourth-order valence-electron chi connectivity index (χ4n) is 2.05. The Labute approximate surface area is 146 Å². The summed E-state index contributed by atoms with van der Waals surface area (Å²) in [4.78, 5) is 12.0. The zero-order valence-corrected chi connectivity index (χ0v) is 14.7. The lowest BCUT2D eigenvalue weighted by molar-refractivity contribution is -0.123. The fraction of sp³-hybridized carbons (Fsp3) is 0.235. The number of hydrogen-bond donors (Lipinski definition) is 1. The minimum atomic E-state index is -3.61. The summed E-state index contributed by atoms with van der Waals surface area (Å²) in [5.74, 6) is -0.659. The molecule has 134 valence electrons. The van der Waals surface area contributed by atoms with E-state index in [1.165, 1.54) is 44.4 Å². The first kappa shape index (κ1) is 18.9. The van der Waals surface area contributed by atoms with Gasteiger partial charge in [0.05, 0.1) is 4.90 Å². The predicted molar refractivity (Wildman–Crippen MR) is 91.1 cm³/mol. The Balaban J connectivity index is 1.98. The quantitative estimate of drug-likeness (QED) is 0.810. The molecule has 8 heteroatoms. The summed E-state index contributed by atoms with van der Waals surface area (Å²) in [5.41, 5.74) is 0.468. The van der Waals surface area contributed by atoms with Crippen molar-refractivity contribution >= 4 is 15.9 Å². The molecular weight excluding hydrogens is 347 g/mol. The van der Waals surface area contributed by atoms with E-state index in [0.717, 1.165) is 4.31 Å². The van der Waals surface area contributed by atoms with Crippen molar-refractivity contribution in [2.45, 2.75) is 11.4 Å². The molecule has 2 aromatic carbocycles. The van der Waals surface area contributed by atoms with E-state index >= 15 is 0 Å². The van der Waals surface area contributed by atoms with Crippen molar-refractivity contribution in [1.29, 1.82) is 0 Å².